The smallest absolute Gasteiger partial charge is 0.274 e. The Balaban J connectivity index is 1.73. The first-order valence-electron chi connectivity index (χ1n) is 9.43. The van der Waals surface area contributed by atoms with E-state index >= 15 is 0 Å². The predicted molar refractivity (Wildman–Crippen MR) is 114 cm³/mol. The largest absolute Gasteiger partial charge is 0.372 e. The summed E-state index contributed by atoms with van der Waals surface area (Å²) in [5.41, 5.74) is 3.77. The number of carbonyl (C=O) groups excluding carboxylic acids is 1. The van der Waals surface area contributed by atoms with E-state index < -0.39 is 0 Å². The van der Waals surface area contributed by atoms with Gasteiger partial charge in [-0.1, -0.05) is 18.2 Å². The maximum absolute atomic E-state index is 12.7. The van der Waals surface area contributed by atoms with Crippen molar-refractivity contribution in [3.63, 3.8) is 0 Å². The van der Waals surface area contributed by atoms with Crippen LogP contribution in [0, 0.1) is 6.92 Å². The van der Waals surface area contributed by atoms with Crippen LogP contribution >= 0.6 is 0 Å². The van der Waals surface area contributed by atoms with Crippen molar-refractivity contribution in [2.75, 3.05) is 28.6 Å². The van der Waals surface area contributed by atoms with E-state index in [1.807, 2.05) is 61.5 Å². The van der Waals surface area contributed by atoms with Crippen molar-refractivity contribution in [1.29, 1.82) is 0 Å². The van der Waals surface area contributed by atoms with Gasteiger partial charge in [0.1, 0.15) is 5.69 Å². The fourth-order valence-electron chi connectivity index (χ4n) is 2.93. The third-order valence-corrected chi connectivity index (χ3v) is 4.37. The highest BCUT2D eigenvalue weighted by molar-refractivity contribution is 6.03. The Morgan fingerprint density at radius 2 is 1.61 bits per heavy atom. The summed E-state index contributed by atoms with van der Waals surface area (Å²) < 4.78 is 0. The molecule has 3 rings (SSSR count). The van der Waals surface area contributed by atoms with E-state index in [0.717, 1.165) is 35.8 Å². The standard InChI is InChI=1S/C22H25N5O/c1-4-27(5-2)19-13-11-18(12-14-19)24-21(28)20-15-16(3)23-22(26-20)25-17-9-7-6-8-10-17/h6-15H,4-5H2,1-3H3,(H,24,28)(H,23,25,26). The first kappa shape index (κ1) is 19.4. The first-order chi connectivity index (χ1) is 13.6. The van der Waals surface area contributed by atoms with Crippen LogP contribution in [0.5, 0.6) is 0 Å². The number of nitrogens with zero attached hydrogens (tertiary/aromatic N) is 3. The van der Waals surface area contributed by atoms with Gasteiger partial charge in [0.15, 0.2) is 0 Å². The molecule has 0 saturated carbocycles. The number of rotatable bonds is 7. The van der Waals surface area contributed by atoms with Gasteiger partial charge < -0.3 is 15.5 Å². The second-order valence-corrected chi connectivity index (χ2v) is 6.38. The van der Waals surface area contributed by atoms with Crippen LogP contribution in [0.25, 0.3) is 0 Å². The number of hydrogen-bond donors (Lipinski definition) is 2. The quantitative estimate of drug-likeness (QED) is 0.630. The molecule has 3 aromatic rings. The lowest BCUT2D eigenvalue weighted by Crippen LogP contribution is -2.21. The fraction of sp³-hybridized carbons (Fsp3) is 0.227. The van der Waals surface area contributed by atoms with E-state index in [1.54, 1.807) is 6.07 Å². The number of carbonyl (C=O) groups is 1. The number of aromatic nitrogens is 2. The number of para-hydroxylation sites is 1. The summed E-state index contributed by atoms with van der Waals surface area (Å²) in [6.45, 7) is 7.97. The lowest BCUT2D eigenvalue weighted by atomic mass is 10.2. The van der Waals surface area contributed by atoms with Gasteiger partial charge in [-0.25, -0.2) is 9.97 Å². The van der Waals surface area contributed by atoms with Crippen LogP contribution < -0.4 is 15.5 Å². The normalized spacial score (nSPS) is 10.4. The number of hydrogen-bond acceptors (Lipinski definition) is 5. The summed E-state index contributed by atoms with van der Waals surface area (Å²) in [6.07, 6.45) is 0. The van der Waals surface area contributed by atoms with Crippen LogP contribution in [0.3, 0.4) is 0 Å². The van der Waals surface area contributed by atoms with E-state index in [2.05, 4.69) is 39.3 Å². The molecule has 6 nitrogen and oxygen atoms in total. The molecule has 28 heavy (non-hydrogen) atoms. The van der Waals surface area contributed by atoms with Gasteiger partial charge in [-0.15, -0.1) is 0 Å². The van der Waals surface area contributed by atoms with Crippen LogP contribution in [-0.2, 0) is 0 Å². The Morgan fingerprint density at radius 1 is 0.929 bits per heavy atom. The number of amides is 1. The van der Waals surface area contributed by atoms with E-state index in [9.17, 15) is 4.79 Å². The SMILES string of the molecule is CCN(CC)c1ccc(NC(=O)c2cc(C)nc(Nc3ccccc3)n2)cc1. The molecule has 0 bridgehead atoms. The van der Waals surface area contributed by atoms with E-state index in [1.165, 1.54) is 0 Å². The minimum atomic E-state index is -0.266. The summed E-state index contributed by atoms with van der Waals surface area (Å²) >= 11 is 0. The summed E-state index contributed by atoms with van der Waals surface area (Å²) in [6, 6.07) is 19.1. The number of nitrogens with one attached hydrogen (secondary N) is 2. The van der Waals surface area contributed by atoms with Gasteiger partial charge in [0.2, 0.25) is 5.95 Å². The lowest BCUT2D eigenvalue weighted by molar-refractivity contribution is 0.102. The zero-order valence-corrected chi connectivity index (χ0v) is 16.4. The third-order valence-electron chi connectivity index (χ3n) is 4.37. The second-order valence-electron chi connectivity index (χ2n) is 6.38. The molecule has 0 unspecified atom stereocenters. The maximum Gasteiger partial charge on any atom is 0.274 e. The van der Waals surface area contributed by atoms with Gasteiger partial charge in [0, 0.05) is 35.8 Å². The fourth-order valence-corrected chi connectivity index (χ4v) is 2.93. The predicted octanol–water partition coefficient (Wildman–Crippen LogP) is 4.63. The zero-order valence-electron chi connectivity index (χ0n) is 16.4. The van der Waals surface area contributed by atoms with E-state index in [0.29, 0.717) is 11.6 Å². The molecular formula is C22H25N5O. The molecule has 0 aliphatic heterocycles. The highest BCUT2D eigenvalue weighted by atomic mass is 16.1. The van der Waals surface area contributed by atoms with Gasteiger partial charge in [-0.2, -0.15) is 0 Å². The molecule has 0 aliphatic rings. The van der Waals surface area contributed by atoms with Crippen molar-refractivity contribution in [2.24, 2.45) is 0 Å². The molecule has 0 fully saturated rings. The monoisotopic (exact) mass is 375 g/mol. The van der Waals surface area contributed by atoms with E-state index in [4.69, 9.17) is 0 Å². The number of aryl methyl sites for hydroxylation is 1. The summed E-state index contributed by atoms with van der Waals surface area (Å²) in [5.74, 6) is 0.130. The number of benzene rings is 2. The summed E-state index contributed by atoms with van der Waals surface area (Å²) in [7, 11) is 0. The van der Waals surface area contributed by atoms with Crippen molar-refractivity contribution >= 4 is 28.9 Å². The van der Waals surface area contributed by atoms with Gasteiger partial charge in [-0.3, -0.25) is 4.79 Å². The minimum Gasteiger partial charge on any atom is -0.372 e. The molecule has 2 aromatic carbocycles. The average molecular weight is 375 g/mol. The van der Waals surface area contributed by atoms with Crippen molar-refractivity contribution in [3.05, 3.63) is 72.1 Å². The Labute approximate surface area is 165 Å². The molecule has 0 atom stereocenters. The molecule has 0 spiro atoms. The molecule has 0 radical (unpaired) electrons. The maximum atomic E-state index is 12.7. The Bertz CT molecular complexity index is 921. The Kier molecular flexibility index (Phi) is 6.22. The first-order valence-corrected chi connectivity index (χ1v) is 9.43. The highest BCUT2D eigenvalue weighted by Gasteiger charge is 2.12. The van der Waals surface area contributed by atoms with Gasteiger partial charge in [0.05, 0.1) is 0 Å². The molecule has 144 valence electrons. The van der Waals surface area contributed by atoms with Crippen LogP contribution in [0.2, 0.25) is 0 Å². The molecule has 1 amide bonds. The second kappa shape index (κ2) is 8.99. The van der Waals surface area contributed by atoms with Crippen LogP contribution in [0.1, 0.15) is 30.0 Å². The van der Waals surface area contributed by atoms with Gasteiger partial charge >= 0.3 is 0 Å². The molecule has 2 N–H and O–H groups in total. The third kappa shape index (κ3) is 4.85. The van der Waals surface area contributed by atoms with Crippen LogP contribution in [0.4, 0.5) is 23.0 Å². The van der Waals surface area contributed by atoms with Crippen molar-refractivity contribution in [2.45, 2.75) is 20.8 Å². The summed E-state index contributed by atoms with van der Waals surface area (Å²) in [5, 5.41) is 6.03. The van der Waals surface area contributed by atoms with Gasteiger partial charge in [0.25, 0.3) is 5.91 Å². The lowest BCUT2D eigenvalue weighted by Gasteiger charge is -2.21. The van der Waals surface area contributed by atoms with Crippen molar-refractivity contribution in [1.82, 2.24) is 9.97 Å². The van der Waals surface area contributed by atoms with Crippen molar-refractivity contribution in [3.8, 4) is 0 Å². The molecule has 6 heteroatoms. The van der Waals surface area contributed by atoms with Crippen LogP contribution in [0.15, 0.2) is 60.7 Å². The molecule has 1 heterocycles. The molecule has 1 aromatic heterocycles. The Hall–Kier alpha value is -3.41. The average Bonchev–Trinajstić information content (AvgIpc) is 2.70. The molecular weight excluding hydrogens is 350 g/mol. The molecule has 0 aliphatic carbocycles. The summed E-state index contributed by atoms with van der Waals surface area (Å²) in [4.78, 5) is 23.6. The Morgan fingerprint density at radius 3 is 2.25 bits per heavy atom. The van der Waals surface area contributed by atoms with Gasteiger partial charge in [-0.05, 0) is 63.2 Å². The van der Waals surface area contributed by atoms with E-state index in [-0.39, 0.29) is 5.91 Å². The zero-order chi connectivity index (χ0) is 19.9. The molecule has 0 saturated heterocycles. The number of anilines is 4. The minimum absolute atomic E-state index is 0.266. The highest BCUT2D eigenvalue weighted by Crippen LogP contribution is 2.19. The topological polar surface area (TPSA) is 70.2 Å². The van der Waals surface area contributed by atoms with Crippen LogP contribution in [-0.4, -0.2) is 29.0 Å². The van der Waals surface area contributed by atoms with Crippen molar-refractivity contribution < 1.29 is 4.79 Å².